The first kappa shape index (κ1) is 29.9. The Morgan fingerprint density at radius 1 is 0.833 bits per heavy atom. The minimum absolute atomic E-state index is 0.00133. The molecule has 0 aliphatic rings. The Kier molecular flexibility index (Phi) is 10.3. The van der Waals surface area contributed by atoms with Crippen LogP contribution in [-0.2, 0) is 9.59 Å². The number of pyridine rings is 1. The number of carbonyl (C=O) groups excluding carboxylic acids is 3. The van der Waals surface area contributed by atoms with Gasteiger partial charge in [-0.3, -0.25) is 19.4 Å². The number of aromatic nitrogens is 1. The Balaban J connectivity index is 1.55. The second-order valence-corrected chi connectivity index (χ2v) is 10.4. The average Bonchev–Trinajstić information content (AvgIpc) is 3.01. The molecule has 0 aliphatic heterocycles. The van der Waals surface area contributed by atoms with Crippen molar-refractivity contribution in [1.29, 1.82) is 0 Å². The lowest BCUT2D eigenvalue weighted by Gasteiger charge is -2.15. The Morgan fingerprint density at radius 2 is 1.60 bits per heavy atom. The van der Waals surface area contributed by atoms with E-state index in [9.17, 15) is 14.4 Å². The summed E-state index contributed by atoms with van der Waals surface area (Å²) in [6.45, 7) is 1.80. The summed E-state index contributed by atoms with van der Waals surface area (Å²) in [6, 6.07) is 24.3. The first-order valence-electron chi connectivity index (χ1n) is 13.0. The van der Waals surface area contributed by atoms with Gasteiger partial charge in [0.1, 0.15) is 17.2 Å². The van der Waals surface area contributed by atoms with E-state index in [0.717, 1.165) is 4.90 Å². The first-order chi connectivity index (χ1) is 20.4. The summed E-state index contributed by atoms with van der Waals surface area (Å²) >= 11 is 1.35. The lowest BCUT2D eigenvalue weighted by molar-refractivity contribution is -0.115. The van der Waals surface area contributed by atoms with Crippen molar-refractivity contribution >= 4 is 46.9 Å². The number of benzene rings is 3. The molecule has 214 valence electrons. The molecule has 10 heteroatoms. The predicted molar refractivity (Wildman–Crippen MR) is 165 cm³/mol. The normalized spacial score (nSPS) is 11.6. The molecule has 3 amide bonds. The standard InChI is InChI=1S/C32H30N4O5S/c1-21(30(37)34-24-14-16-33-17-15-24)42-27-11-7-10-25(20-27)35-32(39)28(36-31(38)22-8-5-4-6-9-22)19-23-18-26(40-2)12-13-29(23)41-3/h4-21H,1-3H3,(H,35,39)(H,36,38)(H,33,34,37)/b28-19+. The Morgan fingerprint density at radius 3 is 2.31 bits per heavy atom. The largest absolute Gasteiger partial charge is 0.497 e. The molecular formula is C32H30N4O5S. The number of anilines is 2. The monoisotopic (exact) mass is 582 g/mol. The van der Waals surface area contributed by atoms with E-state index >= 15 is 0 Å². The van der Waals surface area contributed by atoms with Gasteiger partial charge >= 0.3 is 0 Å². The van der Waals surface area contributed by atoms with Crippen molar-refractivity contribution in [3.8, 4) is 11.5 Å². The van der Waals surface area contributed by atoms with E-state index in [1.807, 2.05) is 6.07 Å². The van der Waals surface area contributed by atoms with Crippen LogP contribution >= 0.6 is 11.8 Å². The smallest absolute Gasteiger partial charge is 0.272 e. The zero-order valence-corrected chi connectivity index (χ0v) is 24.1. The number of hydrogen-bond donors (Lipinski definition) is 3. The van der Waals surface area contributed by atoms with Gasteiger partial charge in [-0.2, -0.15) is 0 Å². The van der Waals surface area contributed by atoms with E-state index < -0.39 is 17.1 Å². The SMILES string of the molecule is COc1ccc(OC)c(/C=C(/NC(=O)c2ccccc2)C(=O)Nc2cccc(SC(C)C(=O)Nc3ccncc3)c2)c1. The molecule has 0 fully saturated rings. The van der Waals surface area contributed by atoms with Gasteiger partial charge in [-0.15, -0.1) is 11.8 Å². The Bertz CT molecular complexity index is 1580. The van der Waals surface area contributed by atoms with Crippen molar-refractivity contribution in [3.05, 3.63) is 114 Å². The van der Waals surface area contributed by atoms with E-state index in [4.69, 9.17) is 9.47 Å². The van der Waals surface area contributed by atoms with Crippen molar-refractivity contribution in [3.63, 3.8) is 0 Å². The minimum atomic E-state index is -0.546. The van der Waals surface area contributed by atoms with Gasteiger partial charge in [-0.05, 0) is 73.7 Å². The Labute approximate surface area is 248 Å². The number of hydrogen-bond acceptors (Lipinski definition) is 7. The maximum atomic E-state index is 13.5. The van der Waals surface area contributed by atoms with Crippen LogP contribution in [0.2, 0.25) is 0 Å². The van der Waals surface area contributed by atoms with Crippen molar-refractivity contribution in [2.45, 2.75) is 17.1 Å². The second kappa shape index (κ2) is 14.5. The molecule has 0 spiro atoms. The molecule has 0 saturated carbocycles. The van der Waals surface area contributed by atoms with E-state index in [1.54, 1.807) is 98.2 Å². The maximum absolute atomic E-state index is 13.5. The number of carbonyl (C=O) groups is 3. The van der Waals surface area contributed by atoms with Gasteiger partial charge in [-0.25, -0.2) is 0 Å². The van der Waals surface area contributed by atoms with E-state index in [-0.39, 0.29) is 11.6 Å². The third-order valence-corrected chi connectivity index (χ3v) is 7.08. The van der Waals surface area contributed by atoms with Crippen molar-refractivity contribution < 1.29 is 23.9 Å². The summed E-state index contributed by atoms with van der Waals surface area (Å²) < 4.78 is 10.8. The van der Waals surface area contributed by atoms with Crippen LogP contribution in [0.15, 0.2) is 108 Å². The van der Waals surface area contributed by atoms with Crippen LogP contribution < -0.4 is 25.4 Å². The summed E-state index contributed by atoms with van der Waals surface area (Å²) in [7, 11) is 3.05. The van der Waals surface area contributed by atoms with Crippen molar-refractivity contribution in [2.24, 2.45) is 0 Å². The molecule has 4 aromatic rings. The minimum Gasteiger partial charge on any atom is -0.497 e. The fraction of sp³-hybridized carbons (Fsp3) is 0.125. The molecule has 3 N–H and O–H groups in total. The van der Waals surface area contributed by atoms with Gasteiger partial charge in [-0.1, -0.05) is 24.3 Å². The molecular weight excluding hydrogens is 552 g/mol. The van der Waals surface area contributed by atoms with E-state index in [0.29, 0.717) is 34.0 Å². The molecule has 4 rings (SSSR count). The molecule has 1 aromatic heterocycles. The lowest BCUT2D eigenvalue weighted by atomic mass is 10.1. The quantitative estimate of drug-likeness (QED) is 0.155. The summed E-state index contributed by atoms with van der Waals surface area (Å²) in [6.07, 6.45) is 4.74. The highest BCUT2D eigenvalue weighted by Gasteiger charge is 2.18. The zero-order chi connectivity index (χ0) is 29.9. The number of ether oxygens (including phenoxy) is 2. The first-order valence-corrected chi connectivity index (χ1v) is 13.8. The van der Waals surface area contributed by atoms with Gasteiger partial charge in [0, 0.05) is 39.8 Å². The topological polar surface area (TPSA) is 119 Å². The number of thioether (sulfide) groups is 1. The molecule has 1 atom stereocenters. The van der Waals surface area contributed by atoms with Crippen LogP contribution in [-0.4, -0.2) is 42.2 Å². The molecule has 1 heterocycles. The van der Waals surface area contributed by atoms with E-state index in [2.05, 4.69) is 20.9 Å². The van der Waals surface area contributed by atoms with Crippen LogP contribution in [0.1, 0.15) is 22.8 Å². The molecule has 0 bridgehead atoms. The highest BCUT2D eigenvalue weighted by molar-refractivity contribution is 8.00. The van der Waals surface area contributed by atoms with Gasteiger partial charge in [0.15, 0.2) is 0 Å². The summed E-state index contributed by atoms with van der Waals surface area (Å²) in [4.78, 5) is 44.0. The summed E-state index contributed by atoms with van der Waals surface area (Å²) in [5.41, 5.74) is 2.08. The van der Waals surface area contributed by atoms with Crippen LogP contribution in [0.4, 0.5) is 11.4 Å². The molecule has 0 radical (unpaired) electrons. The van der Waals surface area contributed by atoms with Gasteiger partial charge in [0.25, 0.3) is 11.8 Å². The lowest BCUT2D eigenvalue weighted by Crippen LogP contribution is -2.30. The third kappa shape index (κ3) is 8.21. The molecule has 9 nitrogen and oxygen atoms in total. The highest BCUT2D eigenvalue weighted by Crippen LogP contribution is 2.28. The highest BCUT2D eigenvalue weighted by atomic mass is 32.2. The van der Waals surface area contributed by atoms with Gasteiger partial charge < -0.3 is 25.4 Å². The van der Waals surface area contributed by atoms with Gasteiger partial charge in [0.05, 0.1) is 19.5 Å². The summed E-state index contributed by atoms with van der Waals surface area (Å²) in [5, 5.41) is 8.03. The van der Waals surface area contributed by atoms with Crippen LogP contribution in [0.3, 0.4) is 0 Å². The zero-order valence-electron chi connectivity index (χ0n) is 23.3. The van der Waals surface area contributed by atoms with E-state index in [1.165, 1.54) is 32.1 Å². The number of nitrogens with one attached hydrogen (secondary N) is 3. The van der Waals surface area contributed by atoms with Crippen molar-refractivity contribution in [2.75, 3.05) is 24.9 Å². The van der Waals surface area contributed by atoms with Crippen LogP contribution in [0.25, 0.3) is 6.08 Å². The second-order valence-electron chi connectivity index (χ2n) is 8.95. The summed E-state index contributed by atoms with van der Waals surface area (Å²) in [5.74, 6) is -0.107. The Hall–Kier alpha value is -5.09. The van der Waals surface area contributed by atoms with Crippen LogP contribution in [0.5, 0.6) is 11.5 Å². The molecule has 42 heavy (non-hydrogen) atoms. The van der Waals surface area contributed by atoms with Gasteiger partial charge in [0.2, 0.25) is 5.91 Å². The number of amides is 3. The third-order valence-electron chi connectivity index (χ3n) is 5.99. The maximum Gasteiger partial charge on any atom is 0.272 e. The number of methoxy groups -OCH3 is 2. The number of rotatable bonds is 11. The average molecular weight is 583 g/mol. The van der Waals surface area contributed by atoms with Crippen molar-refractivity contribution in [1.82, 2.24) is 10.3 Å². The molecule has 1 unspecified atom stereocenters. The van der Waals surface area contributed by atoms with Crippen LogP contribution in [0, 0.1) is 0 Å². The molecule has 3 aromatic carbocycles. The predicted octanol–water partition coefficient (Wildman–Crippen LogP) is 5.63. The number of nitrogens with zero attached hydrogens (tertiary/aromatic N) is 1. The fourth-order valence-corrected chi connectivity index (χ4v) is 4.76. The fourth-order valence-electron chi connectivity index (χ4n) is 3.83. The molecule has 0 saturated heterocycles. The molecule has 0 aliphatic carbocycles.